The van der Waals surface area contributed by atoms with Crippen molar-refractivity contribution in [3.63, 3.8) is 0 Å². The van der Waals surface area contributed by atoms with Gasteiger partial charge in [-0.3, -0.25) is 4.79 Å². The van der Waals surface area contributed by atoms with Crippen molar-refractivity contribution >= 4 is 17.5 Å². The van der Waals surface area contributed by atoms with Crippen LogP contribution in [-0.4, -0.2) is 13.0 Å². The van der Waals surface area contributed by atoms with E-state index in [1.807, 2.05) is 6.92 Å². The molecule has 24 heavy (non-hydrogen) atoms. The molecule has 1 aliphatic carbocycles. The van der Waals surface area contributed by atoms with Gasteiger partial charge in [-0.15, -0.1) is 0 Å². The Hall–Kier alpha value is -2.00. The zero-order chi connectivity index (χ0) is 17.1. The van der Waals surface area contributed by atoms with Gasteiger partial charge in [0.25, 0.3) is 5.91 Å². The molecule has 0 saturated carbocycles. The number of halogens is 1. The first-order valence-electron chi connectivity index (χ1n) is 8.34. The zero-order valence-corrected chi connectivity index (χ0v) is 14.8. The second-order valence-corrected chi connectivity index (χ2v) is 6.69. The fourth-order valence-electron chi connectivity index (χ4n) is 3.19. The van der Waals surface area contributed by atoms with Crippen LogP contribution in [0, 0.1) is 0 Å². The maximum atomic E-state index is 12.5. The number of methoxy groups -OCH3 is 1. The highest BCUT2D eigenvalue weighted by molar-refractivity contribution is 6.32. The molecule has 0 aromatic heterocycles. The van der Waals surface area contributed by atoms with E-state index in [0.717, 1.165) is 12.0 Å². The average molecular weight is 344 g/mol. The first-order chi connectivity index (χ1) is 11.6. The van der Waals surface area contributed by atoms with E-state index in [9.17, 15) is 4.79 Å². The van der Waals surface area contributed by atoms with Gasteiger partial charge in [0.1, 0.15) is 5.75 Å². The fraction of sp³-hybridized carbons (Fsp3) is 0.350. The van der Waals surface area contributed by atoms with Gasteiger partial charge in [-0.1, -0.05) is 29.8 Å². The summed E-state index contributed by atoms with van der Waals surface area (Å²) in [6, 6.07) is 11.6. The van der Waals surface area contributed by atoms with Crippen LogP contribution in [-0.2, 0) is 12.8 Å². The molecule has 126 valence electrons. The minimum Gasteiger partial charge on any atom is -0.495 e. The molecule has 0 bridgehead atoms. The van der Waals surface area contributed by atoms with Crippen LogP contribution in [0.3, 0.4) is 0 Å². The lowest BCUT2D eigenvalue weighted by Gasteiger charge is -2.20. The molecule has 3 rings (SSSR count). The van der Waals surface area contributed by atoms with Gasteiger partial charge >= 0.3 is 0 Å². The van der Waals surface area contributed by atoms with E-state index in [1.54, 1.807) is 25.3 Å². The quantitative estimate of drug-likeness (QED) is 0.872. The van der Waals surface area contributed by atoms with Crippen molar-refractivity contribution < 1.29 is 9.53 Å². The lowest BCUT2D eigenvalue weighted by atomic mass is 9.89. The molecule has 0 heterocycles. The molecule has 1 N–H and O–H groups in total. The number of amides is 1. The van der Waals surface area contributed by atoms with Crippen LogP contribution in [0.4, 0.5) is 0 Å². The minimum atomic E-state index is -0.134. The Kier molecular flexibility index (Phi) is 5.10. The molecule has 0 unspecified atom stereocenters. The van der Waals surface area contributed by atoms with E-state index in [0.29, 0.717) is 16.3 Å². The molecule has 0 spiro atoms. The summed E-state index contributed by atoms with van der Waals surface area (Å²) in [6.45, 7) is 2.01. The predicted octanol–water partition coefficient (Wildman–Crippen LogP) is 4.72. The van der Waals surface area contributed by atoms with Crippen molar-refractivity contribution in [3.8, 4) is 5.75 Å². The van der Waals surface area contributed by atoms with Crippen molar-refractivity contribution in [2.75, 3.05) is 7.11 Å². The molecule has 0 fully saturated rings. The van der Waals surface area contributed by atoms with E-state index in [1.165, 1.54) is 30.4 Å². The molecule has 1 amide bonds. The van der Waals surface area contributed by atoms with Crippen molar-refractivity contribution in [2.24, 2.45) is 0 Å². The van der Waals surface area contributed by atoms with E-state index in [4.69, 9.17) is 16.3 Å². The molecular weight excluding hydrogens is 322 g/mol. The standard InChI is InChI=1S/C20H22ClNO2/c1-13(15-8-7-14-5-3-4-6-16(14)11-15)22-20(23)17-9-10-19(24-2)18(21)12-17/h7-13H,3-6H2,1-2H3,(H,22,23)/t13-/m0/s1. The highest BCUT2D eigenvalue weighted by Crippen LogP contribution is 2.27. The van der Waals surface area contributed by atoms with Crippen molar-refractivity contribution in [2.45, 2.75) is 38.6 Å². The smallest absolute Gasteiger partial charge is 0.251 e. The lowest BCUT2D eigenvalue weighted by Crippen LogP contribution is -2.26. The fourth-order valence-corrected chi connectivity index (χ4v) is 3.45. The molecule has 0 aliphatic heterocycles. The zero-order valence-electron chi connectivity index (χ0n) is 14.1. The molecule has 1 atom stereocenters. The number of ether oxygens (including phenoxy) is 1. The minimum absolute atomic E-state index is 0.0504. The van der Waals surface area contributed by atoms with Crippen LogP contribution < -0.4 is 10.1 Å². The summed E-state index contributed by atoms with van der Waals surface area (Å²) >= 11 is 6.10. The van der Waals surface area contributed by atoms with Crippen LogP contribution in [0.25, 0.3) is 0 Å². The second-order valence-electron chi connectivity index (χ2n) is 6.28. The Morgan fingerprint density at radius 2 is 1.88 bits per heavy atom. The SMILES string of the molecule is COc1ccc(C(=O)N[C@@H](C)c2ccc3c(c2)CCCC3)cc1Cl. The van der Waals surface area contributed by atoms with Gasteiger partial charge in [0, 0.05) is 5.56 Å². The van der Waals surface area contributed by atoms with E-state index < -0.39 is 0 Å². The number of carbonyl (C=O) groups is 1. The first kappa shape index (κ1) is 16.8. The number of hydrogen-bond donors (Lipinski definition) is 1. The lowest BCUT2D eigenvalue weighted by molar-refractivity contribution is 0.0940. The number of aryl methyl sites for hydroxylation is 2. The van der Waals surface area contributed by atoms with Crippen LogP contribution in [0.5, 0.6) is 5.75 Å². The Morgan fingerprint density at radius 1 is 1.12 bits per heavy atom. The molecule has 1 aliphatic rings. The third-order valence-electron chi connectivity index (χ3n) is 4.63. The van der Waals surface area contributed by atoms with Gasteiger partial charge in [0.15, 0.2) is 0 Å². The van der Waals surface area contributed by atoms with Gasteiger partial charge in [0.05, 0.1) is 18.2 Å². The Morgan fingerprint density at radius 3 is 2.58 bits per heavy atom. The molecule has 2 aromatic carbocycles. The first-order valence-corrected chi connectivity index (χ1v) is 8.72. The summed E-state index contributed by atoms with van der Waals surface area (Å²) in [5, 5.41) is 3.48. The van der Waals surface area contributed by atoms with Gasteiger partial charge in [-0.2, -0.15) is 0 Å². The highest BCUT2D eigenvalue weighted by Gasteiger charge is 2.15. The Bertz CT molecular complexity index is 757. The molecule has 3 nitrogen and oxygen atoms in total. The number of carbonyl (C=O) groups excluding carboxylic acids is 1. The number of benzene rings is 2. The van der Waals surface area contributed by atoms with E-state index in [2.05, 4.69) is 23.5 Å². The van der Waals surface area contributed by atoms with Crippen LogP contribution in [0.15, 0.2) is 36.4 Å². The molecular formula is C20H22ClNO2. The molecule has 0 radical (unpaired) electrons. The topological polar surface area (TPSA) is 38.3 Å². The number of nitrogens with one attached hydrogen (secondary N) is 1. The van der Waals surface area contributed by atoms with Crippen molar-refractivity contribution in [3.05, 3.63) is 63.7 Å². The van der Waals surface area contributed by atoms with E-state index >= 15 is 0 Å². The molecule has 4 heteroatoms. The number of fused-ring (bicyclic) bond motifs is 1. The normalized spacial score (nSPS) is 14.6. The summed E-state index contributed by atoms with van der Waals surface area (Å²) in [4.78, 5) is 12.5. The van der Waals surface area contributed by atoms with Crippen LogP contribution >= 0.6 is 11.6 Å². The summed E-state index contributed by atoms with van der Waals surface area (Å²) in [6.07, 6.45) is 4.83. The largest absolute Gasteiger partial charge is 0.495 e. The Balaban J connectivity index is 1.73. The van der Waals surface area contributed by atoms with Gasteiger partial charge in [-0.25, -0.2) is 0 Å². The summed E-state index contributed by atoms with van der Waals surface area (Å²) in [5.41, 5.74) is 4.55. The number of hydrogen-bond acceptors (Lipinski definition) is 2. The maximum Gasteiger partial charge on any atom is 0.251 e. The van der Waals surface area contributed by atoms with Crippen LogP contribution in [0.2, 0.25) is 5.02 Å². The molecule has 2 aromatic rings. The predicted molar refractivity (Wildman–Crippen MR) is 97.0 cm³/mol. The maximum absolute atomic E-state index is 12.5. The van der Waals surface area contributed by atoms with Crippen molar-refractivity contribution in [1.82, 2.24) is 5.32 Å². The summed E-state index contributed by atoms with van der Waals surface area (Å²) < 4.78 is 5.12. The third kappa shape index (κ3) is 3.57. The molecule has 0 saturated heterocycles. The van der Waals surface area contributed by atoms with E-state index in [-0.39, 0.29) is 11.9 Å². The average Bonchev–Trinajstić information content (AvgIpc) is 2.61. The highest BCUT2D eigenvalue weighted by atomic mass is 35.5. The second kappa shape index (κ2) is 7.27. The van der Waals surface area contributed by atoms with Gasteiger partial charge in [0.2, 0.25) is 0 Å². The monoisotopic (exact) mass is 343 g/mol. The summed E-state index contributed by atoms with van der Waals surface area (Å²) in [5.74, 6) is 0.431. The van der Waals surface area contributed by atoms with Crippen molar-refractivity contribution in [1.29, 1.82) is 0 Å². The van der Waals surface area contributed by atoms with Gasteiger partial charge < -0.3 is 10.1 Å². The van der Waals surface area contributed by atoms with Gasteiger partial charge in [-0.05, 0) is 67.5 Å². The third-order valence-corrected chi connectivity index (χ3v) is 4.93. The summed E-state index contributed by atoms with van der Waals surface area (Å²) in [7, 11) is 1.55. The van der Waals surface area contributed by atoms with Crippen LogP contribution in [0.1, 0.15) is 52.9 Å². The number of rotatable bonds is 4. The Labute approximate surface area is 148 Å².